The third-order valence-electron chi connectivity index (χ3n) is 3.30. The fourth-order valence-corrected chi connectivity index (χ4v) is 3.91. The summed E-state index contributed by atoms with van der Waals surface area (Å²) in [5, 5.41) is 2.44. The molecule has 0 saturated carbocycles. The Morgan fingerprint density at radius 2 is 2.04 bits per heavy atom. The Bertz CT molecular complexity index is 903. The van der Waals surface area contributed by atoms with Crippen LogP contribution < -0.4 is 5.56 Å². The predicted octanol–water partition coefficient (Wildman–Crippen LogP) is 3.10. The van der Waals surface area contributed by atoms with E-state index in [-0.39, 0.29) is 11.5 Å². The molecule has 23 heavy (non-hydrogen) atoms. The van der Waals surface area contributed by atoms with Gasteiger partial charge < -0.3 is 4.74 Å². The van der Waals surface area contributed by atoms with Gasteiger partial charge in [-0.15, -0.1) is 11.3 Å². The summed E-state index contributed by atoms with van der Waals surface area (Å²) in [4.78, 5) is 29.8. The van der Waals surface area contributed by atoms with Gasteiger partial charge in [-0.1, -0.05) is 30.0 Å². The molecule has 0 N–H and O–H groups in total. The van der Waals surface area contributed by atoms with Crippen LogP contribution >= 0.6 is 23.1 Å². The number of thioether (sulfide) groups is 1. The number of hydrogen-bond donors (Lipinski definition) is 0. The third-order valence-corrected chi connectivity index (χ3v) is 5.13. The van der Waals surface area contributed by atoms with Crippen molar-refractivity contribution >= 4 is 39.3 Å². The highest BCUT2D eigenvalue weighted by molar-refractivity contribution is 8.00. The van der Waals surface area contributed by atoms with Gasteiger partial charge in [0.25, 0.3) is 5.56 Å². The zero-order chi connectivity index (χ0) is 16.4. The van der Waals surface area contributed by atoms with E-state index in [1.165, 1.54) is 30.2 Å². The van der Waals surface area contributed by atoms with Gasteiger partial charge in [-0.3, -0.25) is 14.2 Å². The molecule has 1 aromatic carbocycles. The lowest BCUT2D eigenvalue weighted by Crippen LogP contribution is -2.23. The Hall–Kier alpha value is -2.12. The van der Waals surface area contributed by atoms with Crippen molar-refractivity contribution in [1.82, 2.24) is 9.55 Å². The average molecular weight is 346 g/mol. The molecule has 3 aromatic rings. The van der Waals surface area contributed by atoms with Crippen LogP contribution in [0.2, 0.25) is 0 Å². The molecule has 2 aromatic heterocycles. The van der Waals surface area contributed by atoms with Crippen LogP contribution in [-0.2, 0) is 9.53 Å². The van der Waals surface area contributed by atoms with E-state index < -0.39 is 5.25 Å². The summed E-state index contributed by atoms with van der Waals surface area (Å²) < 4.78 is 6.30. The third kappa shape index (κ3) is 3.02. The molecule has 0 bridgehead atoms. The van der Waals surface area contributed by atoms with Gasteiger partial charge in [0.1, 0.15) is 10.1 Å². The van der Waals surface area contributed by atoms with E-state index >= 15 is 0 Å². The van der Waals surface area contributed by atoms with Crippen molar-refractivity contribution < 1.29 is 9.53 Å². The normalized spacial score (nSPS) is 12.3. The minimum atomic E-state index is -0.459. The lowest BCUT2D eigenvalue weighted by Gasteiger charge is -2.14. The molecule has 5 nitrogen and oxygen atoms in total. The minimum absolute atomic E-state index is 0.137. The van der Waals surface area contributed by atoms with Gasteiger partial charge in [0.15, 0.2) is 5.16 Å². The second-order valence-electron chi connectivity index (χ2n) is 4.79. The fourth-order valence-electron chi connectivity index (χ4n) is 2.15. The second-order valence-corrected chi connectivity index (χ2v) is 7.00. The zero-order valence-corrected chi connectivity index (χ0v) is 14.2. The molecule has 118 valence electrons. The molecule has 3 rings (SSSR count). The second kappa shape index (κ2) is 6.55. The number of thiophene rings is 1. The number of hydrogen-bond acceptors (Lipinski definition) is 6. The number of carbonyl (C=O) groups excluding carboxylic acids is 1. The molecule has 0 spiro atoms. The van der Waals surface area contributed by atoms with Crippen molar-refractivity contribution in [1.29, 1.82) is 0 Å². The number of para-hydroxylation sites is 1. The number of fused-ring (bicyclic) bond motifs is 1. The molecule has 2 heterocycles. The van der Waals surface area contributed by atoms with Crippen LogP contribution in [0, 0.1) is 0 Å². The summed E-state index contributed by atoms with van der Waals surface area (Å²) in [7, 11) is 1.35. The largest absolute Gasteiger partial charge is 0.468 e. The van der Waals surface area contributed by atoms with Gasteiger partial charge >= 0.3 is 5.97 Å². The summed E-state index contributed by atoms with van der Waals surface area (Å²) >= 11 is 2.62. The first-order valence-electron chi connectivity index (χ1n) is 6.92. The van der Waals surface area contributed by atoms with Crippen LogP contribution in [-0.4, -0.2) is 27.9 Å². The van der Waals surface area contributed by atoms with Crippen molar-refractivity contribution in [3.63, 3.8) is 0 Å². The van der Waals surface area contributed by atoms with Crippen molar-refractivity contribution in [2.45, 2.75) is 17.3 Å². The van der Waals surface area contributed by atoms with Gasteiger partial charge in [-0.2, -0.15) is 0 Å². The molecule has 0 radical (unpaired) electrons. The highest BCUT2D eigenvalue weighted by atomic mass is 32.2. The van der Waals surface area contributed by atoms with Gasteiger partial charge in [0, 0.05) is 0 Å². The smallest absolute Gasteiger partial charge is 0.318 e. The van der Waals surface area contributed by atoms with Crippen LogP contribution in [0.15, 0.2) is 51.7 Å². The van der Waals surface area contributed by atoms with E-state index in [1.54, 1.807) is 17.6 Å². The zero-order valence-electron chi connectivity index (χ0n) is 12.6. The average Bonchev–Trinajstić information content (AvgIpc) is 3.03. The number of methoxy groups -OCH3 is 1. The Labute approximate surface area is 140 Å². The highest BCUT2D eigenvalue weighted by Crippen LogP contribution is 2.27. The first kappa shape index (κ1) is 15.8. The lowest BCUT2D eigenvalue weighted by molar-refractivity contribution is -0.139. The molecule has 0 aliphatic rings. The van der Waals surface area contributed by atoms with E-state index in [2.05, 4.69) is 4.98 Å². The number of benzene rings is 1. The van der Waals surface area contributed by atoms with Crippen molar-refractivity contribution in [2.75, 3.05) is 7.11 Å². The topological polar surface area (TPSA) is 61.2 Å². The van der Waals surface area contributed by atoms with Crippen LogP contribution in [0.3, 0.4) is 0 Å². The van der Waals surface area contributed by atoms with Crippen LogP contribution in [0.5, 0.6) is 0 Å². The Morgan fingerprint density at radius 3 is 2.74 bits per heavy atom. The van der Waals surface area contributed by atoms with Gasteiger partial charge in [-0.25, -0.2) is 4.98 Å². The molecular weight excluding hydrogens is 332 g/mol. The molecule has 0 amide bonds. The number of aromatic nitrogens is 2. The molecule has 1 atom stereocenters. The summed E-state index contributed by atoms with van der Waals surface area (Å²) in [6.45, 7) is 1.73. The summed E-state index contributed by atoms with van der Waals surface area (Å²) in [6.07, 6.45) is 0. The Morgan fingerprint density at radius 1 is 1.30 bits per heavy atom. The molecule has 0 saturated heterocycles. The predicted molar refractivity (Wildman–Crippen MR) is 92.6 cm³/mol. The van der Waals surface area contributed by atoms with E-state index in [0.29, 0.717) is 15.4 Å². The van der Waals surface area contributed by atoms with Crippen molar-refractivity contribution in [3.05, 3.63) is 52.1 Å². The van der Waals surface area contributed by atoms with Crippen LogP contribution in [0.25, 0.3) is 15.9 Å². The molecule has 7 heteroatoms. The van der Waals surface area contributed by atoms with Crippen LogP contribution in [0.1, 0.15) is 6.92 Å². The number of esters is 1. The number of ether oxygens (including phenoxy) is 1. The maximum Gasteiger partial charge on any atom is 0.318 e. The maximum absolute atomic E-state index is 12.8. The standard InChI is InChI=1S/C16H14N2O3S2/c1-10(15(20)21-2)23-16-17-13-12(8-9-22-13)14(19)18(16)11-6-4-3-5-7-11/h3-10H,1-2H3. The SMILES string of the molecule is COC(=O)C(C)Sc1nc2sccc2c(=O)n1-c1ccccc1. The van der Waals surface area contributed by atoms with Crippen LogP contribution in [0.4, 0.5) is 0 Å². The van der Waals surface area contributed by atoms with E-state index in [9.17, 15) is 9.59 Å². The van der Waals surface area contributed by atoms with E-state index in [4.69, 9.17) is 4.74 Å². The minimum Gasteiger partial charge on any atom is -0.468 e. The number of nitrogens with zero attached hydrogens (tertiary/aromatic N) is 2. The Kier molecular flexibility index (Phi) is 4.49. The van der Waals surface area contributed by atoms with Crippen molar-refractivity contribution in [2.24, 2.45) is 0 Å². The maximum atomic E-state index is 12.8. The molecule has 0 aliphatic heterocycles. The molecular formula is C16H14N2O3S2. The van der Waals surface area contributed by atoms with Crippen molar-refractivity contribution in [3.8, 4) is 5.69 Å². The van der Waals surface area contributed by atoms with Gasteiger partial charge in [-0.05, 0) is 30.5 Å². The molecule has 1 unspecified atom stereocenters. The molecule has 0 fully saturated rings. The molecule has 0 aliphatic carbocycles. The summed E-state index contributed by atoms with van der Waals surface area (Å²) in [5.41, 5.74) is 0.583. The summed E-state index contributed by atoms with van der Waals surface area (Å²) in [6, 6.07) is 11.1. The quantitative estimate of drug-likeness (QED) is 0.413. The summed E-state index contributed by atoms with van der Waals surface area (Å²) in [5.74, 6) is -0.352. The van der Waals surface area contributed by atoms with Gasteiger partial charge in [0.05, 0.1) is 18.2 Å². The van der Waals surface area contributed by atoms with Gasteiger partial charge in [0.2, 0.25) is 0 Å². The monoisotopic (exact) mass is 346 g/mol. The van der Waals surface area contributed by atoms with E-state index in [0.717, 1.165) is 5.69 Å². The first-order valence-corrected chi connectivity index (χ1v) is 8.68. The number of carbonyl (C=O) groups is 1. The lowest BCUT2D eigenvalue weighted by atomic mass is 10.3. The fraction of sp³-hybridized carbons (Fsp3) is 0.188. The first-order chi connectivity index (χ1) is 11.1. The number of rotatable bonds is 4. The Balaban J connectivity index is 2.19. The van der Waals surface area contributed by atoms with E-state index in [1.807, 2.05) is 35.7 Å². The highest BCUT2D eigenvalue weighted by Gasteiger charge is 2.20.